The van der Waals surface area contributed by atoms with Crippen molar-refractivity contribution in [1.82, 2.24) is 9.47 Å². The SMILES string of the molecule is Cc1c2c(cc3c4cccc(OCC(C)(C)C)c4n(C)c13)CN(C(=O)O)CC2. The summed E-state index contributed by atoms with van der Waals surface area (Å²) in [6.45, 7) is 10.3. The largest absolute Gasteiger partial charge is 0.491 e. The molecule has 3 aromatic rings. The third-order valence-electron chi connectivity index (χ3n) is 5.65. The fourth-order valence-corrected chi connectivity index (χ4v) is 4.35. The second kappa shape index (κ2) is 6.43. The number of carboxylic acid groups (broad SMARTS) is 1. The molecule has 4 rings (SSSR count). The van der Waals surface area contributed by atoms with E-state index >= 15 is 0 Å². The third-order valence-corrected chi connectivity index (χ3v) is 5.65. The second-order valence-corrected chi connectivity index (χ2v) is 9.05. The molecule has 5 nitrogen and oxygen atoms in total. The molecule has 2 heterocycles. The van der Waals surface area contributed by atoms with Gasteiger partial charge in [-0.2, -0.15) is 0 Å². The highest BCUT2D eigenvalue weighted by Gasteiger charge is 2.25. The molecule has 0 atom stereocenters. The number of ether oxygens (including phenoxy) is 1. The minimum Gasteiger partial charge on any atom is -0.491 e. The number of aryl methyl sites for hydroxylation is 2. The monoisotopic (exact) mass is 380 g/mol. The Hall–Kier alpha value is -2.69. The van der Waals surface area contributed by atoms with Gasteiger partial charge < -0.3 is 19.3 Å². The van der Waals surface area contributed by atoms with Crippen LogP contribution in [0.1, 0.15) is 37.5 Å². The van der Waals surface area contributed by atoms with Crippen molar-refractivity contribution in [3.8, 4) is 5.75 Å². The first-order valence-electron chi connectivity index (χ1n) is 9.80. The molecule has 0 spiro atoms. The van der Waals surface area contributed by atoms with Crippen LogP contribution in [0, 0.1) is 12.3 Å². The molecule has 0 saturated heterocycles. The van der Waals surface area contributed by atoms with Gasteiger partial charge >= 0.3 is 6.09 Å². The normalized spacial score (nSPS) is 14.5. The average Bonchev–Trinajstić information content (AvgIpc) is 2.92. The molecule has 1 N–H and O–H groups in total. The molecule has 1 aliphatic rings. The van der Waals surface area contributed by atoms with Gasteiger partial charge in [0.05, 0.1) is 17.6 Å². The van der Waals surface area contributed by atoms with E-state index in [-0.39, 0.29) is 5.41 Å². The van der Waals surface area contributed by atoms with Gasteiger partial charge in [0.25, 0.3) is 0 Å². The summed E-state index contributed by atoms with van der Waals surface area (Å²) in [6, 6.07) is 8.39. The van der Waals surface area contributed by atoms with Crippen molar-refractivity contribution in [2.75, 3.05) is 13.2 Å². The van der Waals surface area contributed by atoms with Gasteiger partial charge in [-0.25, -0.2) is 4.79 Å². The Kier molecular flexibility index (Phi) is 4.29. The van der Waals surface area contributed by atoms with Crippen LogP contribution >= 0.6 is 0 Å². The molecule has 0 bridgehead atoms. The highest BCUT2D eigenvalue weighted by atomic mass is 16.5. The molecule has 0 radical (unpaired) electrons. The smallest absolute Gasteiger partial charge is 0.407 e. The summed E-state index contributed by atoms with van der Waals surface area (Å²) in [5.41, 5.74) is 6.05. The Morgan fingerprint density at radius 2 is 1.96 bits per heavy atom. The topological polar surface area (TPSA) is 54.7 Å². The first-order chi connectivity index (χ1) is 13.2. The van der Waals surface area contributed by atoms with Crippen LogP contribution in [0.4, 0.5) is 4.79 Å². The lowest BCUT2D eigenvalue weighted by Gasteiger charge is -2.28. The number of nitrogens with zero attached hydrogens (tertiary/aromatic N) is 2. The second-order valence-electron chi connectivity index (χ2n) is 9.05. The Labute approximate surface area is 165 Å². The van der Waals surface area contributed by atoms with E-state index in [2.05, 4.69) is 51.4 Å². The van der Waals surface area contributed by atoms with E-state index in [0.717, 1.165) is 28.6 Å². The summed E-state index contributed by atoms with van der Waals surface area (Å²) in [4.78, 5) is 12.9. The minimum absolute atomic E-state index is 0.0854. The van der Waals surface area contributed by atoms with Crippen LogP contribution < -0.4 is 4.74 Å². The summed E-state index contributed by atoms with van der Waals surface area (Å²) in [7, 11) is 2.10. The zero-order chi connectivity index (χ0) is 20.2. The fraction of sp³-hybridized carbons (Fsp3) is 0.435. The Morgan fingerprint density at radius 3 is 2.64 bits per heavy atom. The number of benzene rings is 2. The zero-order valence-corrected chi connectivity index (χ0v) is 17.3. The molecular formula is C23H28N2O3. The van der Waals surface area contributed by atoms with Gasteiger partial charge in [-0.15, -0.1) is 0 Å². The van der Waals surface area contributed by atoms with E-state index in [1.54, 1.807) is 0 Å². The van der Waals surface area contributed by atoms with Crippen molar-refractivity contribution in [1.29, 1.82) is 0 Å². The van der Waals surface area contributed by atoms with E-state index in [1.807, 2.05) is 12.1 Å². The number of aromatic nitrogens is 1. The molecule has 0 saturated carbocycles. The maximum atomic E-state index is 11.4. The Bertz CT molecular complexity index is 1090. The van der Waals surface area contributed by atoms with Crippen molar-refractivity contribution in [3.63, 3.8) is 0 Å². The Morgan fingerprint density at radius 1 is 1.21 bits per heavy atom. The predicted octanol–water partition coefficient (Wildman–Crippen LogP) is 5.10. The van der Waals surface area contributed by atoms with E-state index in [4.69, 9.17) is 4.74 Å². The summed E-state index contributed by atoms with van der Waals surface area (Å²) >= 11 is 0. The molecule has 28 heavy (non-hydrogen) atoms. The van der Waals surface area contributed by atoms with Crippen LogP contribution in [-0.4, -0.2) is 33.8 Å². The molecule has 0 fully saturated rings. The van der Waals surface area contributed by atoms with Gasteiger partial charge in [0, 0.05) is 30.9 Å². The molecule has 1 amide bonds. The summed E-state index contributed by atoms with van der Waals surface area (Å²) < 4.78 is 8.44. The van der Waals surface area contributed by atoms with Crippen molar-refractivity contribution >= 4 is 27.9 Å². The maximum absolute atomic E-state index is 11.4. The number of para-hydroxylation sites is 1. The van der Waals surface area contributed by atoms with Gasteiger partial charge in [-0.1, -0.05) is 32.9 Å². The van der Waals surface area contributed by atoms with Crippen LogP contribution in [0.2, 0.25) is 0 Å². The average molecular weight is 380 g/mol. The maximum Gasteiger partial charge on any atom is 0.407 e. The molecule has 0 aliphatic carbocycles. The number of amides is 1. The summed E-state index contributed by atoms with van der Waals surface area (Å²) in [5, 5.41) is 11.7. The number of hydrogen-bond donors (Lipinski definition) is 1. The lowest BCUT2D eigenvalue weighted by atomic mass is 9.92. The van der Waals surface area contributed by atoms with Gasteiger partial charge in [-0.3, -0.25) is 0 Å². The van der Waals surface area contributed by atoms with Gasteiger partial charge in [-0.05, 0) is 47.6 Å². The van der Waals surface area contributed by atoms with Crippen LogP contribution in [0.3, 0.4) is 0 Å². The van der Waals surface area contributed by atoms with Crippen LogP contribution in [0.15, 0.2) is 24.3 Å². The predicted molar refractivity (Wildman–Crippen MR) is 112 cm³/mol. The van der Waals surface area contributed by atoms with Crippen LogP contribution in [-0.2, 0) is 20.0 Å². The van der Waals surface area contributed by atoms with Crippen molar-refractivity contribution in [2.24, 2.45) is 12.5 Å². The highest BCUT2D eigenvalue weighted by Crippen LogP contribution is 2.39. The Balaban J connectivity index is 1.91. The minimum atomic E-state index is -0.848. The van der Waals surface area contributed by atoms with E-state index < -0.39 is 6.09 Å². The van der Waals surface area contributed by atoms with Crippen molar-refractivity contribution in [2.45, 2.75) is 40.7 Å². The third kappa shape index (κ3) is 2.99. The van der Waals surface area contributed by atoms with Crippen LogP contribution in [0.25, 0.3) is 21.8 Å². The van der Waals surface area contributed by atoms with Crippen molar-refractivity contribution in [3.05, 3.63) is 41.0 Å². The molecule has 1 aromatic heterocycles. The molecular weight excluding hydrogens is 352 g/mol. The number of carbonyl (C=O) groups is 1. The molecule has 2 aromatic carbocycles. The lowest BCUT2D eigenvalue weighted by Crippen LogP contribution is -2.35. The number of rotatable bonds is 2. The highest BCUT2D eigenvalue weighted by molar-refractivity contribution is 6.11. The van der Waals surface area contributed by atoms with E-state index in [1.165, 1.54) is 26.9 Å². The summed E-state index contributed by atoms with van der Waals surface area (Å²) in [6.07, 6.45) is -0.0858. The van der Waals surface area contributed by atoms with E-state index in [9.17, 15) is 9.90 Å². The standard InChI is InChI=1S/C23H28N2O3/c1-14-16-9-10-25(22(26)27)12-15(16)11-18-17-7-6-8-19(28-13-23(2,3)4)21(17)24(5)20(14)18/h6-8,11H,9-10,12-13H2,1-5H3,(H,26,27). The zero-order valence-electron chi connectivity index (χ0n) is 17.3. The summed E-state index contributed by atoms with van der Waals surface area (Å²) in [5.74, 6) is 0.899. The fourth-order valence-electron chi connectivity index (χ4n) is 4.35. The molecule has 148 valence electrons. The first-order valence-corrected chi connectivity index (χ1v) is 9.80. The van der Waals surface area contributed by atoms with Crippen LogP contribution in [0.5, 0.6) is 5.75 Å². The van der Waals surface area contributed by atoms with Gasteiger partial charge in [0.1, 0.15) is 5.75 Å². The number of hydrogen-bond acceptors (Lipinski definition) is 2. The molecule has 5 heteroatoms. The van der Waals surface area contributed by atoms with Gasteiger partial charge in [0.15, 0.2) is 0 Å². The molecule has 1 aliphatic heterocycles. The first kappa shape index (κ1) is 18.7. The molecule has 0 unspecified atom stereocenters. The lowest BCUT2D eigenvalue weighted by molar-refractivity contribution is 0.140. The number of fused-ring (bicyclic) bond motifs is 4. The van der Waals surface area contributed by atoms with Crippen molar-refractivity contribution < 1.29 is 14.6 Å². The quantitative estimate of drug-likeness (QED) is 0.673. The van der Waals surface area contributed by atoms with E-state index in [0.29, 0.717) is 19.7 Å². The van der Waals surface area contributed by atoms with Gasteiger partial charge in [0.2, 0.25) is 0 Å².